The van der Waals surface area contributed by atoms with Gasteiger partial charge in [0.1, 0.15) is 17.5 Å². The molecule has 0 radical (unpaired) electrons. The van der Waals surface area contributed by atoms with E-state index in [1.165, 1.54) is 12.0 Å². The molecule has 25 heavy (non-hydrogen) atoms. The summed E-state index contributed by atoms with van der Waals surface area (Å²) in [6.07, 6.45) is 3.26. The predicted octanol–water partition coefficient (Wildman–Crippen LogP) is 2.19. The fourth-order valence-electron chi connectivity index (χ4n) is 2.80. The molecule has 7 heteroatoms. The van der Waals surface area contributed by atoms with Crippen LogP contribution in [-0.4, -0.2) is 52.7 Å². The highest BCUT2D eigenvalue weighted by Crippen LogP contribution is 2.25. The summed E-state index contributed by atoms with van der Waals surface area (Å²) in [7, 11) is 1.52. The molecule has 1 aliphatic heterocycles. The standard InChI is InChI=1S/C18H18N2O5/c1-24-15-9-16(18(22)23)20(11-15)17(21)12-4-6-13(7-5-12)25-14-3-2-8-19-10-14/h2-8,10,15-16H,9,11H2,1H3,(H,22,23). The molecular formula is C18H18N2O5. The number of aliphatic carboxylic acids is 1. The Hall–Kier alpha value is -2.93. The summed E-state index contributed by atoms with van der Waals surface area (Å²) < 4.78 is 10.8. The number of pyridine rings is 1. The smallest absolute Gasteiger partial charge is 0.326 e. The molecule has 0 aliphatic carbocycles. The van der Waals surface area contributed by atoms with Crippen LogP contribution in [0.3, 0.4) is 0 Å². The molecule has 0 bridgehead atoms. The van der Waals surface area contributed by atoms with Crippen molar-refractivity contribution in [1.29, 1.82) is 0 Å². The molecule has 0 spiro atoms. The fraction of sp³-hybridized carbons (Fsp3) is 0.278. The molecule has 1 aliphatic rings. The van der Waals surface area contributed by atoms with Crippen LogP contribution >= 0.6 is 0 Å². The summed E-state index contributed by atoms with van der Waals surface area (Å²) in [6.45, 7) is 0.264. The number of carbonyl (C=O) groups is 2. The zero-order valence-corrected chi connectivity index (χ0v) is 13.7. The van der Waals surface area contributed by atoms with Crippen molar-refractivity contribution in [2.75, 3.05) is 13.7 Å². The second-order valence-electron chi connectivity index (χ2n) is 5.72. The van der Waals surface area contributed by atoms with E-state index in [1.54, 1.807) is 48.8 Å². The zero-order chi connectivity index (χ0) is 17.8. The molecule has 7 nitrogen and oxygen atoms in total. The van der Waals surface area contributed by atoms with E-state index < -0.39 is 12.0 Å². The van der Waals surface area contributed by atoms with E-state index in [4.69, 9.17) is 9.47 Å². The van der Waals surface area contributed by atoms with Gasteiger partial charge < -0.3 is 19.5 Å². The number of carbonyl (C=O) groups excluding carboxylic acids is 1. The first kappa shape index (κ1) is 16.9. The van der Waals surface area contributed by atoms with Gasteiger partial charge in [-0.3, -0.25) is 9.78 Å². The number of aromatic nitrogens is 1. The molecule has 2 heterocycles. The van der Waals surface area contributed by atoms with Gasteiger partial charge in [-0.25, -0.2) is 4.79 Å². The van der Waals surface area contributed by atoms with Crippen molar-refractivity contribution in [3.8, 4) is 11.5 Å². The summed E-state index contributed by atoms with van der Waals surface area (Å²) in [5, 5.41) is 9.33. The number of likely N-dealkylation sites (tertiary alicyclic amines) is 1. The van der Waals surface area contributed by atoms with E-state index in [2.05, 4.69) is 4.98 Å². The second kappa shape index (κ2) is 7.31. The van der Waals surface area contributed by atoms with Gasteiger partial charge in [-0.2, -0.15) is 0 Å². The van der Waals surface area contributed by atoms with Gasteiger partial charge in [-0.1, -0.05) is 0 Å². The number of benzene rings is 1. The maximum absolute atomic E-state index is 12.6. The third-order valence-electron chi connectivity index (χ3n) is 4.11. The third kappa shape index (κ3) is 3.77. The Morgan fingerprint density at radius 3 is 2.56 bits per heavy atom. The molecule has 1 N–H and O–H groups in total. The van der Waals surface area contributed by atoms with Crippen LogP contribution in [0.4, 0.5) is 0 Å². The molecule has 2 aromatic rings. The quantitative estimate of drug-likeness (QED) is 0.896. The fourth-order valence-corrected chi connectivity index (χ4v) is 2.80. The maximum atomic E-state index is 12.6. The normalized spacial score (nSPS) is 19.6. The van der Waals surface area contributed by atoms with Crippen LogP contribution in [0.1, 0.15) is 16.8 Å². The SMILES string of the molecule is COC1CC(C(=O)O)N(C(=O)c2ccc(Oc3cccnc3)cc2)C1. The minimum absolute atomic E-state index is 0.264. The molecule has 1 fully saturated rings. The summed E-state index contributed by atoms with van der Waals surface area (Å²) in [6, 6.07) is 9.24. The van der Waals surface area contributed by atoms with Crippen LogP contribution < -0.4 is 4.74 Å². The van der Waals surface area contributed by atoms with Crippen LogP contribution in [0.15, 0.2) is 48.8 Å². The van der Waals surface area contributed by atoms with Crippen LogP contribution in [0, 0.1) is 0 Å². The van der Waals surface area contributed by atoms with Gasteiger partial charge in [-0.15, -0.1) is 0 Å². The number of carboxylic acids is 1. The van der Waals surface area contributed by atoms with E-state index in [-0.39, 0.29) is 18.6 Å². The largest absolute Gasteiger partial charge is 0.480 e. The zero-order valence-electron chi connectivity index (χ0n) is 13.7. The average Bonchev–Trinajstić information content (AvgIpc) is 3.07. The lowest BCUT2D eigenvalue weighted by atomic mass is 10.1. The van der Waals surface area contributed by atoms with E-state index >= 15 is 0 Å². The summed E-state index contributed by atoms with van der Waals surface area (Å²) in [5.41, 5.74) is 0.404. The van der Waals surface area contributed by atoms with Gasteiger partial charge in [0.05, 0.1) is 12.3 Å². The summed E-state index contributed by atoms with van der Waals surface area (Å²) in [5.74, 6) is -0.199. The lowest BCUT2D eigenvalue weighted by Crippen LogP contribution is -2.40. The molecule has 1 aromatic carbocycles. The van der Waals surface area contributed by atoms with E-state index in [1.807, 2.05) is 0 Å². The number of carboxylic acid groups (broad SMARTS) is 1. The van der Waals surface area contributed by atoms with E-state index in [0.717, 1.165) is 0 Å². The highest BCUT2D eigenvalue weighted by atomic mass is 16.5. The van der Waals surface area contributed by atoms with Crippen molar-refractivity contribution in [3.05, 3.63) is 54.4 Å². The number of methoxy groups -OCH3 is 1. The van der Waals surface area contributed by atoms with Crippen LogP contribution in [0.25, 0.3) is 0 Å². The molecule has 3 rings (SSSR count). The van der Waals surface area contributed by atoms with E-state index in [0.29, 0.717) is 23.5 Å². The number of amides is 1. The Morgan fingerprint density at radius 2 is 1.96 bits per heavy atom. The first-order valence-electron chi connectivity index (χ1n) is 7.83. The number of nitrogens with zero attached hydrogens (tertiary/aromatic N) is 2. The van der Waals surface area contributed by atoms with Crippen molar-refractivity contribution < 1.29 is 24.2 Å². The first-order valence-corrected chi connectivity index (χ1v) is 7.83. The van der Waals surface area contributed by atoms with Gasteiger partial charge in [-0.05, 0) is 36.4 Å². The Bertz CT molecular complexity index is 748. The van der Waals surface area contributed by atoms with E-state index in [9.17, 15) is 14.7 Å². The lowest BCUT2D eigenvalue weighted by molar-refractivity contribution is -0.141. The van der Waals surface area contributed by atoms with Crippen LogP contribution in [-0.2, 0) is 9.53 Å². The van der Waals surface area contributed by atoms with Gasteiger partial charge in [0.25, 0.3) is 5.91 Å². The summed E-state index contributed by atoms with van der Waals surface area (Å²) in [4.78, 5) is 29.3. The molecular weight excluding hydrogens is 324 g/mol. The van der Waals surface area contributed by atoms with Crippen molar-refractivity contribution >= 4 is 11.9 Å². The van der Waals surface area contributed by atoms with Crippen LogP contribution in [0.5, 0.6) is 11.5 Å². The van der Waals surface area contributed by atoms with Crippen molar-refractivity contribution in [2.24, 2.45) is 0 Å². The van der Waals surface area contributed by atoms with Crippen molar-refractivity contribution in [3.63, 3.8) is 0 Å². The second-order valence-corrected chi connectivity index (χ2v) is 5.72. The minimum Gasteiger partial charge on any atom is -0.480 e. The molecule has 1 amide bonds. The highest BCUT2D eigenvalue weighted by molar-refractivity contribution is 5.97. The maximum Gasteiger partial charge on any atom is 0.326 e. The van der Waals surface area contributed by atoms with Gasteiger partial charge >= 0.3 is 5.97 Å². The Balaban J connectivity index is 1.73. The number of hydrogen-bond donors (Lipinski definition) is 1. The average molecular weight is 342 g/mol. The topological polar surface area (TPSA) is 89.0 Å². The monoisotopic (exact) mass is 342 g/mol. The highest BCUT2D eigenvalue weighted by Gasteiger charge is 2.40. The van der Waals surface area contributed by atoms with Gasteiger partial charge in [0, 0.05) is 31.8 Å². The van der Waals surface area contributed by atoms with Crippen molar-refractivity contribution in [2.45, 2.75) is 18.6 Å². The van der Waals surface area contributed by atoms with Gasteiger partial charge in [0.15, 0.2) is 0 Å². The van der Waals surface area contributed by atoms with Crippen LogP contribution in [0.2, 0.25) is 0 Å². The minimum atomic E-state index is -1.02. The lowest BCUT2D eigenvalue weighted by Gasteiger charge is -2.21. The Morgan fingerprint density at radius 1 is 1.20 bits per heavy atom. The molecule has 2 unspecified atom stereocenters. The first-order chi connectivity index (χ1) is 12.1. The number of ether oxygens (including phenoxy) is 2. The predicted molar refractivity (Wildman–Crippen MR) is 88.6 cm³/mol. The molecule has 0 saturated carbocycles. The Kier molecular flexibility index (Phi) is 4.95. The Labute approximate surface area is 144 Å². The van der Waals surface area contributed by atoms with Crippen molar-refractivity contribution in [1.82, 2.24) is 9.88 Å². The van der Waals surface area contributed by atoms with Gasteiger partial charge in [0.2, 0.25) is 0 Å². The molecule has 1 aromatic heterocycles. The molecule has 130 valence electrons. The molecule has 2 atom stereocenters. The number of hydrogen-bond acceptors (Lipinski definition) is 5. The summed E-state index contributed by atoms with van der Waals surface area (Å²) >= 11 is 0. The third-order valence-corrected chi connectivity index (χ3v) is 4.11. The number of rotatable bonds is 5. The molecule has 1 saturated heterocycles.